The van der Waals surface area contributed by atoms with Crippen LogP contribution >= 0.6 is 0 Å². The molecule has 0 heterocycles. The largest absolute Gasteiger partial charge is 0.0882 e. The molecule has 5 aliphatic carbocycles. The minimum atomic E-state index is 1.08. The molecule has 43 heavy (non-hydrogen) atoms. The van der Waals surface area contributed by atoms with Gasteiger partial charge in [-0.3, -0.25) is 0 Å². The smallest absolute Gasteiger partial charge is 0.0133 e. The Hall–Kier alpha value is -2.86. The van der Waals surface area contributed by atoms with Gasteiger partial charge in [0.1, 0.15) is 0 Å². The van der Waals surface area contributed by atoms with E-state index in [0.717, 1.165) is 6.42 Å². The lowest BCUT2D eigenvalue weighted by atomic mass is 9.99. The van der Waals surface area contributed by atoms with E-state index in [1.807, 2.05) is 0 Å². The molecule has 0 spiro atoms. The molecular weight excluding hydrogens is 516 g/mol. The van der Waals surface area contributed by atoms with E-state index in [0.29, 0.717) is 0 Å². The van der Waals surface area contributed by atoms with Crippen LogP contribution in [-0.2, 0) is 0 Å². The summed E-state index contributed by atoms with van der Waals surface area (Å²) in [5, 5.41) is 0. The molecule has 0 radical (unpaired) electrons. The molecule has 0 aromatic carbocycles. The van der Waals surface area contributed by atoms with Crippen molar-refractivity contribution in [3.05, 3.63) is 129 Å². The molecule has 0 aromatic heterocycles. The van der Waals surface area contributed by atoms with Crippen molar-refractivity contribution in [1.29, 1.82) is 0 Å². The van der Waals surface area contributed by atoms with Gasteiger partial charge < -0.3 is 0 Å². The Kier molecular flexibility index (Phi) is 20.1. The number of rotatable bonds is 0. The van der Waals surface area contributed by atoms with Crippen molar-refractivity contribution >= 4 is 0 Å². The highest BCUT2D eigenvalue weighted by atomic mass is 14.1. The predicted octanol–water partition coefficient (Wildman–Crippen LogP) is 14.3. The van der Waals surface area contributed by atoms with Crippen LogP contribution in [-0.4, -0.2) is 0 Å². The van der Waals surface area contributed by atoms with Gasteiger partial charge in [-0.2, -0.15) is 0 Å². The van der Waals surface area contributed by atoms with Crippen LogP contribution in [0.3, 0.4) is 0 Å². The van der Waals surface area contributed by atoms with Crippen LogP contribution in [0.2, 0.25) is 0 Å². The van der Waals surface area contributed by atoms with E-state index in [4.69, 9.17) is 0 Å². The third kappa shape index (κ3) is 17.8. The average molecular weight is 581 g/mol. The molecule has 0 bridgehead atoms. The van der Waals surface area contributed by atoms with E-state index < -0.39 is 0 Å². The monoisotopic (exact) mass is 581 g/mol. The third-order valence-corrected chi connectivity index (χ3v) is 9.05. The van der Waals surface area contributed by atoms with Gasteiger partial charge in [-0.05, 0) is 151 Å². The molecule has 5 rings (SSSR count). The summed E-state index contributed by atoms with van der Waals surface area (Å²) in [6.45, 7) is 21.9. The van der Waals surface area contributed by atoms with Crippen molar-refractivity contribution in [1.82, 2.24) is 0 Å². The SMILES string of the molecule is C/C1=C(\C)CC/C=C\CC1.CC1=C(C)C=CCC=C1.CC1=C(C)CC=C1.CC1=C(C)CCC=C1.CC1=C(C)CCCC=C1. The van der Waals surface area contributed by atoms with Crippen molar-refractivity contribution in [3.63, 3.8) is 0 Å². The zero-order chi connectivity index (χ0) is 32.0. The first-order valence-corrected chi connectivity index (χ1v) is 16.8. The first-order valence-electron chi connectivity index (χ1n) is 16.8. The topological polar surface area (TPSA) is 0 Å². The van der Waals surface area contributed by atoms with Crippen molar-refractivity contribution in [3.8, 4) is 0 Å². The Morgan fingerprint density at radius 1 is 0.326 bits per heavy atom. The van der Waals surface area contributed by atoms with Crippen LogP contribution in [0.15, 0.2) is 129 Å². The fourth-order valence-electron chi connectivity index (χ4n) is 4.79. The molecule has 0 amide bonds. The van der Waals surface area contributed by atoms with E-state index >= 15 is 0 Å². The molecule has 0 fully saturated rings. The van der Waals surface area contributed by atoms with Gasteiger partial charge in [0, 0.05) is 0 Å². The average Bonchev–Trinajstić information content (AvgIpc) is 3.13. The molecule has 236 valence electrons. The summed E-state index contributed by atoms with van der Waals surface area (Å²) in [4.78, 5) is 0. The molecule has 0 atom stereocenters. The maximum atomic E-state index is 2.30. The molecule has 0 heteroatoms. The second-order valence-electron chi connectivity index (χ2n) is 12.7. The minimum absolute atomic E-state index is 1.08. The van der Waals surface area contributed by atoms with Crippen LogP contribution in [0.5, 0.6) is 0 Å². The predicted molar refractivity (Wildman–Crippen MR) is 197 cm³/mol. The molecule has 0 unspecified atom stereocenters. The first-order chi connectivity index (χ1) is 20.5. The fourth-order valence-corrected chi connectivity index (χ4v) is 4.79. The quantitative estimate of drug-likeness (QED) is 0.250. The Bertz CT molecular complexity index is 1160. The van der Waals surface area contributed by atoms with E-state index in [9.17, 15) is 0 Å². The highest BCUT2D eigenvalue weighted by molar-refractivity contribution is 5.33. The second kappa shape index (κ2) is 22.6. The molecular formula is C43H64. The summed E-state index contributed by atoms with van der Waals surface area (Å²) in [6.07, 6.45) is 40.3. The first kappa shape index (κ1) is 38.2. The highest BCUT2D eigenvalue weighted by Crippen LogP contribution is 2.19. The summed E-state index contributed by atoms with van der Waals surface area (Å²) in [5.41, 5.74) is 14.9. The standard InChI is InChI=1S/C10H16.C9H14.C9H12.C8H12.C7H10/c1-9-7-5-3-4-6-8-10(9)2;2*1-8-6-4-3-5-7-9(8)2;1-7-5-3-4-6-8(7)2;1-6-4-3-5-7(6)2/h3-4H,5-8H2,1-2H3;4,6H,3,5,7H2,1-2H3;4-7H,3H2,1-2H3;3,5H,4,6H2,1-2H3;3-4H,5H2,1-2H3/b4-3-,10-9-;;;;. The van der Waals surface area contributed by atoms with Crippen molar-refractivity contribution in [2.75, 3.05) is 0 Å². The molecule has 5 aliphatic rings. The Labute approximate surface area is 267 Å². The summed E-state index contributed by atoms with van der Waals surface area (Å²) in [7, 11) is 0. The van der Waals surface area contributed by atoms with E-state index in [2.05, 4.69) is 142 Å². The van der Waals surface area contributed by atoms with Gasteiger partial charge >= 0.3 is 0 Å². The van der Waals surface area contributed by atoms with Crippen LogP contribution in [0.25, 0.3) is 0 Å². The van der Waals surface area contributed by atoms with Gasteiger partial charge in [0.15, 0.2) is 0 Å². The lowest BCUT2D eigenvalue weighted by Crippen LogP contribution is -1.87. The summed E-state index contributed by atoms with van der Waals surface area (Å²) in [5.74, 6) is 0. The maximum absolute atomic E-state index is 2.30. The highest BCUT2D eigenvalue weighted by Gasteiger charge is 1.99. The summed E-state index contributed by atoms with van der Waals surface area (Å²) in [6, 6.07) is 0. The van der Waals surface area contributed by atoms with Crippen LogP contribution in [0.4, 0.5) is 0 Å². The van der Waals surface area contributed by atoms with Gasteiger partial charge in [0.25, 0.3) is 0 Å². The Balaban J connectivity index is 0.000000270. The van der Waals surface area contributed by atoms with Gasteiger partial charge in [0.2, 0.25) is 0 Å². The van der Waals surface area contributed by atoms with Gasteiger partial charge in [-0.1, -0.05) is 117 Å². The van der Waals surface area contributed by atoms with Gasteiger partial charge in [-0.25, -0.2) is 0 Å². The Morgan fingerprint density at radius 2 is 0.721 bits per heavy atom. The normalized spacial score (nSPS) is 22.1. The second-order valence-corrected chi connectivity index (χ2v) is 12.7. The Morgan fingerprint density at radius 3 is 1.14 bits per heavy atom. The van der Waals surface area contributed by atoms with Crippen molar-refractivity contribution < 1.29 is 0 Å². The van der Waals surface area contributed by atoms with Gasteiger partial charge in [-0.15, -0.1) is 0 Å². The molecule has 0 aromatic rings. The number of allylic oxidation sites excluding steroid dienone is 22. The minimum Gasteiger partial charge on any atom is -0.0882 e. The van der Waals surface area contributed by atoms with Crippen LogP contribution in [0.1, 0.15) is 140 Å². The van der Waals surface area contributed by atoms with E-state index in [1.165, 1.54) is 97.6 Å². The zero-order valence-corrected chi connectivity index (χ0v) is 29.7. The summed E-state index contributed by atoms with van der Waals surface area (Å²) < 4.78 is 0. The van der Waals surface area contributed by atoms with E-state index in [-0.39, 0.29) is 0 Å². The van der Waals surface area contributed by atoms with Gasteiger partial charge in [0.05, 0.1) is 0 Å². The zero-order valence-electron chi connectivity index (χ0n) is 29.7. The molecule has 0 saturated heterocycles. The number of hydrogen-bond acceptors (Lipinski definition) is 0. The van der Waals surface area contributed by atoms with Crippen molar-refractivity contribution in [2.24, 2.45) is 0 Å². The van der Waals surface area contributed by atoms with Crippen LogP contribution in [0, 0.1) is 0 Å². The molecule has 0 aliphatic heterocycles. The van der Waals surface area contributed by atoms with Crippen molar-refractivity contribution in [2.45, 2.75) is 140 Å². The molecule has 0 nitrogen and oxygen atoms in total. The fraction of sp³-hybridized carbons (Fsp3) is 0.488. The van der Waals surface area contributed by atoms with Crippen LogP contribution < -0.4 is 0 Å². The third-order valence-electron chi connectivity index (χ3n) is 9.05. The van der Waals surface area contributed by atoms with E-state index in [1.54, 1.807) is 22.3 Å². The lowest BCUT2D eigenvalue weighted by Gasteiger charge is -2.07. The molecule has 0 N–H and O–H groups in total. The summed E-state index contributed by atoms with van der Waals surface area (Å²) >= 11 is 0. The molecule has 0 saturated carbocycles. The lowest BCUT2D eigenvalue weighted by molar-refractivity contribution is 0.838. The maximum Gasteiger partial charge on any atom is -0.0133 e. The number of hydrogen-bond donors (Lipinski definition) is 0.